The van der Waals surface area contributed by atoms with E-state index in [0.29, 0.717) is 10.8 Å². The summed E-state index contributed by atoms with van der Waals surface area (Å²) in [6.45, 7) is 0. The fraction of sp³-hybridized carbons (Fsp3) is 0. The van der Waals surface area contributed by atoms with Crippen LogP contribution in [0.4, 0.5) is 0 Å². The molecule has 0 fully saturated rings. The van der Waals surface area contributed by atoms with E-state index in [-0.39, 0.29) is 5.69 Å². The molecule has 2 aromatic rings. The van der Waals surface area contributed by atoms with Crippen molar-refractivity contribution in [1.29, 1.82) is 0 Å². The fourth-order valence-corrected chi connectivity index (χ4v) is 1.35. The van der Waals surface area contributed by atoms with Crippen molar-refractivity contribution in [2.75, 3.05) is 0 Å². The molecular weight excluding hydrogens is 242 g/mol. The predicted octanol–water partition coefficient (Wildman–Crippen LogP) is 3.20. The lowest BCUT2D eigenvalue weighted by Crippen LogP contribution is -1.94. The maximum atomic E-state index is 10.6. The normalized spacial score (nSPS) is 10.9. The van der Waals surface area contributed by atoms with E-state index in [1.165, 1.54) is 6.07 Å². The van der Waals surface area contributed by atoms with Crippen LogP contribution in [0.2, 0.25) is 5.02 Å². The molecule has 1 aromatic heterocycles. The zero-order valence-electron chi connectivity index (χ0n) is 8.63. The largest absolute Gasteiger partial charge is 0.476 e. The average molecular weight is 250 g/mol. The van der Waals surface area contributed by atoms with Crippen LogP contribution in [0.25, 0.3) is 12.2 Å². The van der Waals surface area contributed by atoms with Gasteiger partial charge in [0.05, 0.1) is 0 Å². The molecule has 0 saturated carbocycles. The zero-order valence-corrected chi connectivity index (χ0v) is 9.39. The van der Waals surface area contributed by atoms with Crippen LogP contribution in [0.3, 0.4) is 0 Å². The molecule has 0 amide bonds. The molecule has 4 nitrogen and oxygen atoms in total. The van der Waals surface area contributed by atoms with Gasteiger partial charge in [-0.15, -0.1) is 0 Å². The van der Waals surface area contributed by atoms with Crippen LogP contribution in [0.15, 0.2) is 34.9 Å². The Morgan fingerprint density at radius 1 is 1.29 bits per heavy atom. The van der Waals surface area contributed by atoms with Crippen LogP contribution in [-0.4, -0.2) is 16.2 Å². The maximum Gasteiger partial charge on any atom is 0.358 e. The van der Waals surface area contributed by atoms with Gasteiger partial charge in [-0.2, -0.15) is 0 Å². The molecule has 0 bridgehead atoms. The average Bonchev–Trinajstić information content (AvgIpc) is 2.77. The maximum absolute atomic E-state index is 10.6. The highest BCUT2D eigenvalue weighted by Crippen LogP contribution is 2.13. The lowest BCUT2D eigenvalue weighted by molar-refractivity contribution is 0.0685. The molecule has 17 heavy (non-hydrogen) atoms. The molecule has 1 aromatic carbocycles. The van der Waals surface area contributed by atoms with Gasteiger partial charge in [-0.3, -0.25) is 0 Å². The SMILES string of the molecule is O=C(O)c1cc(/C=C/c2ccc(Cl)cc2)on1. The second kappa shape index (κ2) is 4.84. The number of rotatable bonds is 3. The number of aromatic nitrogens is 1. The second-order valence-corrected chi connectivity index (χ2v) is 3.74. The number of halogens is 1. The number of carboxylic acids is 1. The molecule has 0 spiro atoms. The van der Waals surface area contributed by atoms with E-state index < -0.39 is 5.97 Å². The zero-order chi connectivity index (χ0) is 12.3. The minimum absolute atomic E-state index is 0.110. The Morgan fingerprint density at radius 2 is 2.00 bits per heavy atom. The van der Waals surface area contributed by atoms with Crippen LogP contribution in [0.5, 0.6) is 0 Å². The summed E-state index contributed by atoms with van der Waals surface area (Å²) < 4.78 is 4.83. The predicted molar refractivity (Wildman–Crippen MR) is 63.8 cm³/mol. The number of carboxylic acid groups (broad SMARTS) is 1. The molecule has 0 unspecified atom stereocenters. The van der Waals surface area contributed by atoms with Crippen LogP contribution in [-0.2, 0) is 0 Å². The van der Waals surface area contributed by atoms with Gasteiger partial charge >= 0.3 is 5.97 Å². The molecule has 86 valence electrons. The van der Waals surface area contributed by atoms with Crippen molar-refractivity contribution in [1.82, 2.24) is 5.16 Å². The van der Waals surface area contributed by atoms with Gasteiger partial charge in [0.2, 0.25) is 0 Å². The summed E-state index contributed by atoms with van der Waals surface area (Å²) in [6.07, 6.45) is 3.42. The van der Waals surface area contributed by atoms with E-state index in [9.17, 15) is 4.79 Å². The number of benzene rings is 1. The Hall–Kier alpha value is -2.07. The summed E-state index contributed by atoms with van der Waals surface area (Å²) in [5, 5.41) is 12.7. The molecule has 2 rings (SSSR count). The summed E-state index contributed by atoms with van der Waals surface area (Å²) in [6, 6.07) is 8.57. The molecule has 5 heteroatoms. The Labute approximate surface area is 102 Å². The van der Waals surface area contributed by atoms with Crippen molar-refractivity contribution in [2.24, 2.45) is 0 Å². The molecule has 0 saturated heterocycles. The van der Waals surface area contributed by atoms with Crippen LogP contribution in [0.1, 0.15) is 21.8 Å². The summed E-state index contributed by atoms with van der Waals surface area (Å²) in [5.41, 5.74) is 0.823. The van der Waals surface area contributed by atoms with Gasteiger partial charge in [-0.25, -0.2) is 4.79 Å². The van der Waals surface area contributed by atoms with Crippen molar-refractivity contribution < 1.29 is 14.4 Å². The molecular formula is C12H8ClNO3. The lowest BCUT2D eigenvalue weighted by Gasteiger charge is -1.91. The fourth-order valence-electron chi connectivity index (χ4n) is 1.22. The van der Waals surface area contributed by atoms with E-state index in [2.05, 4.69) is 5.16 Å². The Kier molecular flexibility index (Phi) is 3.25. The van der Waals surface area contributed by atoms with Gasteiger partial charge < -0.3 is 9.63 Å². The first-order valence-electron chi connectivity index (χ1n) is 4.79. The molecule has 0 aliphatic rings. The number of hydrogen-bond donors (Lipinski definition) is 1. The molecule has 0 aliphatic carbocycles. The van der Waals surface area contributed by atoms with E-state index in [1.54, 1.807) is 24.3 Å². The quantitative estimate of drug-likeness (QED) is 0.907. The number of nitrogens with zero attached hydrogens (tertiary/aromatic N) is 1. The minimum atomic E-state index is -1.11. The molecule has 1 heterocycles. The van der Waals surface area contributed by atoms with Gasteiger partial charge in [0, 0.05) is 11.1 Å². The van der Waals surface area contributed by atoms with Crippen LogP contribution in [0, 0.1) is 0 Å². The highest BCUT2D eigenvalue weighted by atomic mass is 35.5. The third-order valence-corrected chi connectivity index (χ3v) is 2.31. The summed E-state index contributed by atoms with van der Waals surface area (Å²) in [7, 11) is 0. The van der Waals surface area contributed by atoms with Crippen LogP contribution >= 0.6 is 11.6 Å². The molecule has 0 radical (unpaired) electrons. The first-order valence-corrected chi connectivity index (χ1v) is 5.16. The van der Waals surface area contributed by atoms with E-state index in [0.717, 1.165) is 5.56 Å². The lowest BCUT2D eigenvalue weighted by atomic mass is 10.2. The van der Waals surface area contributed by atoms with Gasteiger partial charge in [0.15, 0.2) is 11.5 Å². The van der Waals surface area contributed by atoms with Crippen molar-refractivity contribution in [3.63, 3.8) is 0 Å². The number of aromatic carboxylic acids is 1. The Morgan fingerprint density at radius 3 is 2.59 bits per heavy atom. The summed E-state index contributed by atoms with van der Waals surface area (Å²) in [5.74, 6) is -0.725. The van der Waals surface area contributed by atoms with E-state index >= 15 is 0 Å². The van der Waals surface area contributed by atoms with Crippen molar-refractivity contribution in [3.8, 4) is 0 Å². The molecule has 1 N–H and O–H groups in total. The third-order valence-electron chi connectivity index (χ3n) is 2.06. The van der Waals surface area contributed by atoms with Crippen molar-refractivity contribution in [2.45, 2.75) is 0 Å². The summed E-state index contributed by atoms with van der Waals surface area (Å²) >= 11 is 5.75. The Bertz CT molecular complexity index is 557. The van der Waals surface area contributed by atoms with Gasteiger partial charge in [-0.1, -0.05) is 35.0 Å². The Balaban J connectivity index is 2.14. The highest BCUT2D eigenvalue weighted by Gasteiger charge is 2.08. The number of carbonyl (C=O) groups is 1. The first-order chi connectivity index (χ1) is 8.15. The van der Waals surface area contributed by atoms with E-state index in [4.69, 9.17) is 21.2 Å². The smallest absolute Gasteiger partial charge is 0.358 e. The van der Waals surface area contributed by atoms with Gasteiger partial charge in [-0.05, 0) is 23.8 Å². The molecule has 0 aliphatic heterocycles. The topological polar surface area (TPSA) is 63.3 Å². The monoisotopic (exact) mass is 249 g/mol. The summed E-state index contributed by atoms with van der Waals surface area (Å²) in [4.78, 5) is 10.6. The number of hydrogen-bond acceptors (Lipinski definition) is 3. The second-order valence-electron chi connectivity index (χ2n) is 3.30. The van der Waals surface area contributed by atoms with Crippen molar-refractivity contribution in [3.05, 3.63) is 52.4 Å². The highest BCUT2D eigenvalue weighted by molar-refractivity contribution is 6.30. The minimum Gasteiger partial charge on any atom is -0.476 e. The standard InChI is InChI=1S/C12H8ClNO3/c13-9-4-1-8(2-5-9)3-6-10-7-11(12(15)16)14-17-10/h1-7H,(H,15,16)/b6-3+. The van der Waals surface area contributed by atoms with E-state index in [1.807, 2.05) is 12.1 Å². The molecule has 0 atom stereocenters. The van der Waals surface area contributed by atoms with Gasteiger partial charge in [0.1, 0.15) is 0 Å². The third kappa shape index (κ3) is 2.95. The van der Waals surface area contributed by atoms with Crippen molar-refractivity contribution >= 4 is 29.7 Å². The van der Waals surface area contributed by atoms with Crippen LogP contribution < -0.4 is 0 Å². The first kappa shape index (κ1) is 11.4. The van der Waals surface area contributed by atoms with Gasteiger partial charge in [0.25, 0.3) is 0 Å².